The first-order valence-electron chi connectivity index (χ1n) is 5.71. The van der Waals surface area contributed by atoms with E-state index in [1.807, 2.05) is 36.6 Å². The van der Waals surface area contributed by atoms with Crippen molar-refractivity contribution in [3.63, 3.8) is 0 Å². The predicted octanol–water partition coefficient (Wildman–Crippen LogP) is 5.72. The van der Waals surface area contributed by atoms with Crippen LogP contribution in [0, 0.1) is 5.82 Å². The van der Waals surface area contributed by atoms with Gasteiger partial charge in [-0.2, -0.15) is 0 Å². The molecule has 0 spiro atoms. The third kappa shape index (κ3) is 2.19. The van der Waals surface area contributed by atoms with Crippen LogP contribution < -0.4 is 0 Å². The second-order valence-electron chi connectivity index (χ2n) is 4.09. The normalized spacial score (nSPS) is 11.1. The molecule has 0 saturated carbocycles. The first kappa shape index (κ1) is 12.8. The van der Waals surface area contributed by atoms with E-state index in [0.717, 1.165) is 26.1 Å². The van der Waals surface area contributed by atoms with Gasteiger partial charge in [-0.25, -0.2) is 4.39 Å². The number of thioether (sulfide) groups is 1. The molecule has 0 unspecified atom stereocenters. The average Bonchev–Trinajstić information content (AvgIpc) is 2.80. The predicted molar refractivity (Wildman–Crippen MR) is 81.1 cm³/mol. The Morgan fingerprint density at radius 2 is 1.84 bits per heavy atom. The van der Waals surface area contributed by atoms with E-state index in [1.54, 1.807) is 6.07 Å². The Bertz CT molecular complexity index is 734. The van der Waals surface area contributed by atoms with E-state index in [2.05, 4.69) is 15.9 Å². The number of hydrogen-bond acceptors (Lipinski definition) is 2. The summed E-state index contributed by atoms with van der Waals surface area (Å²) in [6.07, 6.45) is 1.93. The minimum Gasteiger partial charge on any atom is -0.446 e. The van der Waals surface area contributed by atoms with E-state index in [4.69, 9.17) is 4.42 Å². The number of halogens is 2. The van der Waals surface area contributed by atoms with Crippen LogP contribution in [0.1, 0.15) is 0 Å². The largest absolute Gasteiger partial charge is 0.446 e. The number of para-hydroxylation sites is 1. The van der Waals surface area contributed by atoms with Gasteiger partial charge in [0.2, 0.25) is 0 Å². The van der Waals surface area contributed by atoms with Crippen LogP contribution in [-0.2, 0) is 0 Å². The quantitative estimate of drug-likeness (QED) is 0.555. The molecule has 0 bridgehead atoms. The highest BCUT2D eigenvalue weighted by molar-refractivity contribution is 9.10. The molecule has 0 N–H and O–H groups in total. The van der Waals surface area contributed by atoms with Gasteiger partial charge in [-0.1, -0.05) is 52.0 Å². The van der Waals surface area contributed by atoms with Gasteiger partial charge in [-0.05, 0) is 30.0 Å². The maximum atomic E-state index is 13.8. The van der Waals surface area contributed by atoms with Crippen molar-refractivity contribution in [2.24, 2.45) is 0 Å². The second-order valence-corrected chi connectivity index (χ2v) is 5.79. The summed E-state index contributed by atoms with van der Waals surface area (Å²) in [6.45, 7) is 0. The first-order chi connectivity index (χ1) is 9.20. The van der Waals surface area contributed by atoms with Crippen LogP contribution in [0.3, 0.4) is 0 Å². The van der Waals surface area contributed by atoms with Crippen molar-refractivity contribution < 1.29 is 8.81 Å². The van der Waals surface area contributed by atoms with Gasteiger partial charge in [0, 0.05) is 15.4 Å². The van der Waals surface area contributed by atoms with Crippen molar-refractivity contribution in [2.45, 2.75) is 5.09 Å². The van der Waals surface area contributed by atoms with Crippen LogP contribution in [-0.4, -0.2) is 6.26 Å². The zero-order valence-corrected chi connectivity index (χ0v) is 12.5. The molecule has 0 atom stereocenters. The van der Waals surface area contributed by atoms with Crippen LogP contribution in [0.4, 0.5) is 4.39 Å². The molecule has 0 amide bonds. The van der Waals surface area contributed by atoms with Gasteiger partial charge in [0.1, 0.15) is 0 Å². The summed E-state index contributed by atoms with van der Waals surface area (Å²) in [5.41, 5.74) is 2.30. The van der Waals surface area contributed by atoms with Gasteiger partial charge >= 0.3 is 0 Å². The molecular weight excluding hydrogens is 327 g/mol. The van der Waals surface area contributed by atoms with Gasteiger partial charge in [0.15, 0.2) is 16.5 Å². The van der Waals surface area contributed by atoms with Crippen molar-refractivity contribution in [1.82, 2.24) is 0 Å². The molecule has 1 nitrogen and oxygen atoms in total. The van der Waals surface area contributed by atoms with Crippen LogP contribution in [0.2, 0.25) is 0 Å². The summed E-state index contributed by atoms with van der Waals surface area (Å²) < 4.78 is 20.4. The molecule has 2 aromatic carbocycles. The Kier molecular flexibility index (Phi) is 3.37. The van der Waals surface area contributed by atoms with Gasteiger partial charge in [-0.3, -0.25) is 0 Å². The maximum absolute atomic E-state index is 13.8. The summed E-state index contributed by atoms with van der Waals surface area (Å²) in [5, 5.41) is 1.55. The lowest BCUT2D eigenvalue weighted by molar-refractivity contribution is 0.493. The lowest BCUT2D eigenvalue weighted by Gasteiger charge is -2.01. The molecule has 96 valence electrons. The molecule has 1 heterocycles. The highest BCUT2D eigenvalue weighted by Crippen LogP contribution is 2.40. The Hall–Kier alpha value is -1.26. The van der Waals surface area contributed by atoms with Gasteiger partial charge in [0.05, 0.1) is 0 Å². The van der Waals surface area contributed by atoms with Gasteiger partial charge in [-0.15, -0.1) is 0 Å². The van der Waals surface area contributed by atoms with E-state index in [0.29, 0.717) is 5.58 Å². The molecule has 3 rings (SSSR count). The minimum absolute atomic E-state index is 0.323. The van der Waals surface area contributed by atoms with Gasteiger partial charge in [0.25, 0.3) is 0 Å². The minimum atomic E-state index is -0.323. The smallest absolute Gasteiger partial charge is 0.171 e. The molecule has 0 aliphatic heterocycles. The Labute approximate surface area is 122 Å². The number of furan rings is 1. The number of rotatable bonds is 2. The summed E-state index contributed by atoms with van der Waals surface area (Å²) in [7, 11) is 0. The Morgan fingerprint density at radius 1 is 1.11 bits per heavy atom. The van der Waals surface area contributed by atoms with Gasteiger partial charge < -0.3 is 4.42 Å². The molecule has 1 aromatic heterocycles. The van der Waals surface area contributed by atoms with E-state index in [-0.39, 0.29) is 5.82 Å². The molecule has 4 heteroatoms. The van der Waals surface area contributed by atoms with Crippen molar-refractivity contribution >= 4 is 38.7 Å². The number of fused-ring (bicyclic) bond motifs is 1. The molecule has 0 aliphatic carbocycles. The van der Waals surface area contributed by atoms with Crippen molar-refractivity contribution in [2.75, 3.05) is 6.26 Å². The summed E-state index contributed by atoms with van der Waals surface area (Å²) >= 11 is 4.90. The lowest BCUT2D eigenvalue weighted by Crippen LogP contribution is -1.78. The first-order valence-corrected chi connectivity index (χ1v) is 7.73. The molecule has 19 heavy (non-hydrogen) atoms. The highest BCUT2D eigenvalue weighted by Gasteiger charge is 2.17. The number of hydrogen-bond donors (Lipinski definition) is 0. The molecule has 3 aromatic rings. The summed E-state index contributed by atoms with van der Waals surface area (Å²) in [4.78, 5) is 0. The third-order valence-electron chi connectivity index (χ3n) is 2.95. The summed E-state index contributed by atoms with van der Waals surface area (Å²) in [6, 6.07) is 13.0. The fraction of sp³-hybridized carbons (Fsp3) is 0.0667. The van der Waals surface area contributed by atoms with E-state index in [1.165, 1.54) is 17.8 Å². The van der Waals surface area contributed by atoms with Crippen molar-refractivity contribution in [3.8, 4) is 11.1 Å². The highest BCUT2D eigenvalue weighted by atomic mass is 79.9. The topological polar surface area (TPSA) is 13.1 Å². The molecule has 0 radical (unpaired) electrons. The summed E-state index contributed by atoms with van der Waals surface area (Å²) in [5.74, 6) is -0.323. The fourth-order valence-corrected chi connectivity index (χ4v) is 2.96. The van der Waals surface area contributed by atoms with Crippen molar-refractivity contribution in [1.29, 1.82) is 0 Å². The molecule has 0 aliphatic rings. The molecule has 0 fully saturated rings. The second kappa shape index (κ2) is 5.02. The third-order valence-corrected chi connectivity index (χ3v) is 4.14. The van der Waals surface area contributed by atoms with E-state index >= 15 is 0 Å². The van der Waals surface area contributed by atoms with E-state index in [9.17, 15) is 4.39 Å². The Morgan fingerprint density at radius 3 is 2.53 bits per heavy atom. The SMILES string of the molecule is CSc1oc2c(F)cccc2c1-c1ccc(Br)cc1. The number of benzene rings is 2. The van der Waals surface area contributed by atoms with Crippen LogP contribution in [0.25, 0.3) is 22.1 Å². The average molecular weight is 337 g/mol. The fourth-order valence-electron chi connectivity index (χ4n) is 2.10. The molecular formula is C15H10BrFOS. The van der Waals surface area contributed by atoms with Crippen LogP contribution >= 0.6 is 27.7 Å². The zero-order chi connectivity index (χ0) is 13.4. The monoisotopic (exact) mass is 336 g/mol. The van der Waals surface area contributed by atoms with Crippen molar-refractivity contribution in [3.05, 3.63) is 52.8 Å². The standard InChI is InChI=1S/C15H10BrFOS/c1-19-15-13(9-5-7-10(16)8-6-9)11-3-2-4-12(17)14(11)18-15/h2-8H,1H3. The van der Waals surface area contributed by atoms with Crippen LogP contribution in [0.15, 0.2) is 56.4 Å². The maximum Gasteiger partial charge on any atom is 0.171 e. The van der Waals surface area contributed by atoms with E-state index < -0.39 is 0 Å². The van der Waals surface area contributed by atoms with Crippen LogP contribution in [0.5, 0.6) is 0 Å². The lowest BCUT2D eigenvalue weighted by atomic mass is 10.0. The Balaban J connectivity index is 2.32. The zero-order valence-electron chi connectivity index (χ0n) is 10.1. The molecule has 0 saturated heterocycles.